The summed E-state index contributed by atoms with van der Waals surface area (Å²) in [6, 6.07) is 0. The Morgan fingerprint density at radius 2 is 2.44 bits per heavy atom. The van der Waals surface area contributed by atoms with Gasteiger partial charge in [0.15, 0.2) is 6.29 Å². The highest BCUT2D eigenvalue weighted by Gasteiger charge is 2.13. The molecule has 0 saturated carbocycles. The summed E-state index contributed by atoms with van der Waals surface area (Å²) in [5, 5.41) is 16.8. The van der Waals surface area contributed by atoms with E-state index >= 15 is 0 Å². The Bertz CT molecular complexity index is 337. The van der Waals surface area contributed by atoms with Crippen LogP contribution < -0.4 is 0 Å². The molecule has 6 heteroatoms. The van der Waals surface area contributed by atoms with Gasteiger partial charge in [-0.1, -0.05) is 5.21 Å². The standard InChI is InChI=1S/C12H21N3O3/c16-7-3-4-11-10-15(14-13-11)6-9-18-12-5-1-2-8-17-12/h10,12,16H,1-9H2. The number of nitrogens with zero attached hydrogens (tertiary/aromatic N) is 3. The van der Waals surface area contributed by atoms with Gasteiger partial charge in [0.25, 0.3) is 0 Å². The van der Waals surface area contributed by atoms with E-state index in [0.717, 1.165) is 38.0 Å². The molecule has 1 aromatic heterocycles. The lowest BCUT2D eigenvalue weighted by atomic mass is 10.2. The molecule has 0 aliphatic carbocycles. The molecule has 2 heterocycles. The van der Waals surface area contributed by atoms with Crippen molar-refractivity contribution in [2.45, 2.75) is 44.9 Å². The van der Waals surface area contributed by atoms with E-state index in [1.807, 2.05) is 6.20 Å². The lowest BCUT2D eigenvalue weighted by Gasteiger charge is -2.22. The molecule has 2 rings (SSSR count). The molecule has 0 aromatic carbocycles. The molecular formula is C12H21N3O3. The van der Waals surface area contributed by atoms with Crippen LogP contribution in [-0.2, 0) is 22.4 Å². The van der Waals surface area contributed by atoms with Crippen molar-refractivity contribution in [3.05, 3.63) is 11.9 Å². The smallest absolute Gasteiger partial charge is 0.157 e. The van der Waals surface area contributed by atoms with Crippen LogP contribution in [0.25, 0.3) is 0 Å². The number of aryl methyl sites for hydroxylation is 1. The van der Waals surface area contributed by atoms with Crippen molar-refractivity contribution in [3.8, 4) is 0 Å². The zero-order valence-corrected chi connectivity index (χ0v) is 10.6. The van der Waals surface area contributed by atoms with E-state index in [-0.39, 0.29) is 12.9 Å². The molecule has 102 valence electrons. The highest BCUT2D eigenvalue weighted by atomic mass is 16.7. The average molecular weight is 255 g/mol. The largest absolute Gasteiger partial charge is 0.396 e. The Morgan fingerprint density at radius 3 is 3.22 bits per heavy atom. The molecular weight excluding hydrogens is 234 g/mol. The van der Waals surface area contributed by atoms with Crippen molar-refractivity contribution in [2.24, 2.45) is 0 Å². The summed E-state index contributed by atoms with van der Waals surface area (Å²) in [7, 11) is 0. The number of hydrogen-bond acceptors (Lipinski definition) is 5. The number of ether oxygens (including phenoxy) is 2. The molecule has 1 N–H and O–H groups in total. The van der Waals surface area contributed by atoms with Gasteiger partial charge in [0, 0.05) is 19.4 Å². The summed E-state index contributed by atoms with van der Waals surface area (Å²) in [4.78, 5) is 0. The molecule has 18 heavy (non-hydrogen) atoms. The lowest BCUT2D eigenvalue weighted by molar-refractivity contribution is -0.163. The van der Waals surface area contributed by atoms with Crippen LogP contribution in [0.15, 0.2) is 6.20 Å². The van der Waals surface area contributed by atoms with Crippen molar-refractivity contribution in [3.63, 3.8) is 0 Å². The predicted octanol–water partition coefficient (Wildman–Crippen LogP) is 0.746. The first-order valence-electron chi connectivity index (χ1n) is 6.61. The van der Waals surface area contributed by atoms with Gasteiger partial charge in [0.1, 0.15) is 0 Å². The van der Waals surface area contributed by atoms with Gasteiger partial charge in [0.2, 0.25) is 0 Å². The Labute approximate surface area is 107 Å². The Morgan fingerprint density at radius 1 is 1.50 bits per heavy atom. The molecule has 1 aliphatic rings. The highest BCUT2D eigenvalue weighted by Crippen LogP contribution is 2.13. The zero-order valence-electron chi connectivity index (χ0n) is 10.6. The molecule has 1 fully saturated rings. The summed E-state index contributed by atoms with van der Waals surface area (Å²) in [5.74, 6) is 0. The van der Waals surface area contributed by atoms with Crippen LogP contribution >= 0.6 is 0 Å². The summed E-state index contributed by atoms with van der Waals surface area (Å²) in [5.41, 5.74) is 0.915. The molecule has 0 radical (unpaired) electrons. The second kappa shape index (κ2) is 7.45. The molecule has 6 nitrogen and oxygen atoms in total. The first-order chi connectivity index (χ1) is 8.88. The predicted molar refractivity (Wildman–Crippen MR) is 65.0 cm³/mol. The van der Waals surface area contributed by atoms with Gasteiger partial charge in [-0.2, -0.15) is 0 Å². The third kappa shape index (κ3) is 4.36. The van der Waals surface area contributed by atoms with Gasteiger partial charge in [0.05, 0.1) is 18.8 Å². The van der Waals surface area contributed by atoms with Crippen molar-refractivity contribution >= 4 is 0 Å². The van der Waals surface area contributed by atoms with Gasteiger partial charge in [-0.25, -0.2) is 4.68 Å². The van der Waals surface area contributed by atoms with Gasteiger partial charge >= 0.3 is 0 Å². The monoisotopic (exact) mass is 255 g/mol. The van der Waals surface area contributed by atoms with Gasteiger partial charge in [-0.3, -0.25) is 0 Å². The van der Waals surface area contributed by atoms with Crippen LogP contribution in [0.4, 0.5) is 0 Å². The molecule has 0 bridgehead atoms. The molecule has 1 aromatic rings. The molecule has 0 spiro atoms. The number of aromatic nitrogens is 3. The summed E-state index contributed by atoms with van der Waals surface area (Å²) >= 11 is 0. The first kappa shape index (κ1) is 13.5. The van der Waals surface area contributed by atoms with Crippen molar-refractivity contribution in [2.75, 3.05) is 19.8 Å². The molecule has 1 aliphatic heterocycles. The van der Waals surface area contributed by atoms with E-state index in [1.54, 1.807) is 4.68 Å². The van der Waals surface area contributed by atoms with E-state index in [2.05, 4.69) is 10.3 Å². The van der Waals surface area contributed by atoms with Crippen LogP contribution in [0.3, 0.4) is 0 Å². The SMILES string of the molecule is OCCCc1cn(CCOC2CCCCO2)nn1. The minimum absolute atomic E-state index is 0.0452. The number of aliphatic hydroxyl groups excluding tert-OH is 1. The molecule has 1 unspecified atom stereocenters. The fraction of sp³-hybridized carbons (Fsp3) is 0.833. The van der Waals surface area contributed by atoms with Crippen LogP contribution in [0.1, 0.15) is 31.4 Å². The Balaban J connectivity index is 1.64. The summed E-state index contributed by atoms with van der Waals surface area (Å²) in [6.07, 6.45) is 6.65. The lowest BCUT2D eigenvalue weighted by Crippen LogP contribution is -2.24. The fourth-order valence-corrected chi connectivity index (χ4v) is 1.94. The van der Waals surface area contributed by atoms with Crippen molar-refractivity contribution in [1.82, 2.24) is 15.0 Å². The molecule has 0 amide bonds. The molecule has 1 saturated heterocycles. The summed E-state index contributed by atoms with van der Waals surface area (Å²) in [6.45, 7) is 2.27. The minimum atomic E-state index is -0.0452. The second-order valence-electron chi connectivity index (χ2n) is 4.47. The van der Waals surface area contributed by atoms with E-state index in [9.17, 15) is 0 Å². The Hall–Kier alpha value is -0.980. The average Bonchev–Trinajstić information content (AvgIpc) is 2.85. The topological polar surface area (TPSA) is 69.4 Å². The quantitative estimate of drug-likeness (QED) is 0.778. The number of rotatable bonds is 7. The highest BCUT2D eigenvalue weighted by molar-refractivity contribution is 4.91. The maximum atomic E-state index is 8.73. The third-order valence-electron chi connectivity index (χ3n) is 2.94. The van der Waals surface area contributed by atoms with Crippen LogP contribution in [-0.4, -0.2) is 46.2 Å². The fourth-order valence-electron chi connectivity index (χ4n) is 1.94. The van der Waals surface area contributed by atoms with Crippen LogP contribution in [0.5, 0.6) is 0 Å². The number of hydrogen-bond donors (Lipinski definition) is 1. The minimum Gasteiger partial charge on any atom is -0.396 e. The normalized spacial score (nSPS) is 20.2. The summed E-state index contributed by atoms with van der Waals surface area (Å²) < 4.78 is 12.9. The third-order valence-corrected chi connectivity index (χ3v) is 2.94. The van der Waals surface area contributed by atoms with E-state index in [1.165, 1.54) is 6.42 Å². The first-order valence-corrected chi connectivity index (χ1v) is 6.61. The maximum Gasteiger partial charge on any atom is 0.157 e. The van der Waals surface area contributed by atoms with Crippen molar-refractivity contribution < 1.29 is 14.6 Å². The van der Waals surface area contributed by atoms with Gasteiger partial charge in [-0.15, -0.1) is 5.10 Å². The van der Waals surface area contributed by atoms with Crippen LogP contribution in [0.2, 0.25) is 0 Å². The van der Waals surface area contributed by atoms with E-state index in [4.69, 9.17) is 14.6 Å². The van der Waals surface area contributed by atoms with E-state index in [0.29, 0.717) is 13.2 Å². The van der Waals surface area contributed by atoms with Crippen molar-refractivity contribution in [1.29, 1.82) is 0 Å². The van der Waals surface area contributed by atoms with Gasteiger partial charge < -0.3 is 14.6 Å². The van der Waals surface area contributed by atoms with Gasteiger partial charge in [-0.05, 0) is 32.1 Å². The Kier molecular flexibility index (Phi) is 5.57. The maximum absolute atomic E-state index is 8.73. The molecule has 1 atom stereocenters. The van der Waals surface area contributed by atoms with E-state index < -0.39 is 0 Å². The zero-order chi connectivity index (χ0) is 12.6. The number of aliphatic hydroxyl groups is 1. The second-order valence-corrected chi connectivity index (χ2v) is 4.47. The van der Waals surface area contributed by atoms with Crippen LogP contribution in [0, 0.1) is 0 Å².